The average molecular weight is 299 g/mol. The fourth-order valence-corrected chi connectivity index (χ4v) is 2.77. The Bertz CT molecular complexity index is 222. The van der Waals surface area contributed by atoms with Crippen LogP contribution in [-0.4, -0.2) is 50.1 Å². The molecule has 0 aromatic carbocycles. The molecule has 1 saturated heterocycles. The van der Waals surface area contributed by atoms with Crippen LogP contribution >= 0.6 is 0 Å². The Morgan fingerprint density at radius 2 is 1.29 bits per heavy atom. The lowest BCUT2D eigenvalue weighted by Crippen LogP contribution is -2.39. The van der Waals surface area contributed by atoms with Gasteiger partial charge in [-0.1, -0.05) is 64.7 Å². The SMILES string of the molecule is CCCCCCCCCCCCN1CCOB(O)OCC1. The molecule has 0 aliphatic carbocycles. The summed E-state index contributed by atoms with van der Waals surface area (Å²) < 4.78 is 10.2. The quantitative estimate of drug-likeness (QED) is 0.470. The van der Waals surface area contributed by atoms with Gasteiger partial charge in [0.25, 0.3) is 0 Å². The summed E-state index contributed by atoms with van der Waals surface area (Å²) in [5, 5.41) is 9.20. The molecular formula is C16H34BNO3. The first kappa shape index (κ1) is 19.0. The minimum absolute atomic E-state index is 0.554. The van der Waals surface area contributed by atoms with Gasteiger partial charge >= 0.3 is 7.32 Å². The molecule has 0 saturated carbocycles. The highest BCUT2D eigenvalue weighted by molar-refractivity contribution is 6.34. The van der Waals surface area contributed by atoms with Crippen molar-refractivity contribution in [2.24, 2.45) is 0 Å². The summed E-state index contributed by atoms with van der Waals surface area (Å²) in [6.45, 7) is 6.30. The number of rotatable bonds is 11. The summed E-state index contributed by atoms with van der Waals surface area (Å²) in [5.74, 6) is 0. The van der Waals surface area contributed by atoms with E-state index >= 15 is 0 Å². The van der Waals surface area contributed by atoms with Crippen molar-refractivity contribution in [1.82, 2.24) is 4.90 Å². The molecule has 21 heavy (non-hydrogen) atoms. The average Bonchev–Trinajstić information content (AvgIpc) is 2.46. The van der Waals surface area contributed by atoms with Gasteiger partial charge < -0.3 is 14.3 Å². The third-order valence-corrected chi connectivity index (χ3v) is 4.16. The summed E-state index contributed by atoms with van der Waals surface area (Å²) in [4.78, 5) is 2.37. The Balaban J connectivity index is 1.85. The first-order chi connectivity index (χ1) is 10.3. The Morgan fingerprint density at radius 3 is 1.81 bits per heavy atom. The highest BCUT2D eigenvalue weighted by Gasteiger charge is 2.19. The van der Waals surface area contributed by atoms with E-state index in [9.17, 15) is 5.02 Å². The third-order valence-electron chi connectivity index (χ3n) is 4.16. The Hall–Kier alpha value is -0.0951. The van der Waals surface area contributed by atoms with Gasteiger partial charge in [0.15, 0.2) is 0 Å². The first-order valence-corrected chi connectivity index (χ1v) is 8.96. The molecule has 4 nitrogen and oxygen atoms in total. The molecule has 1 fully saturated rings. The van der Waals surface area contributed by atoms with Crippen LogP contribution in [0.5, 0.6) is 0 Å². The minimum atomic E-state index is -1.02. The molecule has 0 aromatic rings. The Kier molecular flexibility index (Phi) is 12.2. The molecule has 0 radical (unpaired) electrons. The molecule has 5 heteroatoms. The van der Waals surface area contributed by atoms with Crippen LogP contribution in [0.25, 0.3) is 0 Å². The maximum absolute atomic E-state index is 9.20. The molecule has 124 valence electrons. The first-order valence-electron chi connectivity index (χ1n) is 8.96. The predicted molar refractivity (Wildman–Crippen MR) is 88.2 cm³/mol. The maximum Gasteiger partial charge on any atom is 0.636 e. The molecule has 0 bridgehead atoms. The van der Waals surface area contributed by atoms with Gasteiger partial charge in [-0.2, -0.15) is 0 Å². The van der Waals surface area contributed by atoms with Crippen molar-refractivity contribution in [3.63, 3.8) is 0 Å². The molecule has 0 amide bonds. The van der Waals surface area contributed by atoms with E-state index in [-0.39, 0.29) is 0 Å². The second-order valence-corrected chi connectivity index (χ2v) is 6.07. The topological polar surface area (TPSA) is 41.9 Å². The zero-order valence-electron chi connectivity index (χ0n) is 13.9. The third kappa shape index (κ3) is 11.2. The van der Waals surface area contributed by atoms with E-state index in [4.69, 9.17) is 9.31 Å². The lowest BCUT2D eigenvalue weighted by molar-refractivity contribution is 0.0735. The highest BCUT2D eigenvalue weighted by Crippen LogP contribution is 2.11. The molecule has 0 atom stereocenters. The summed E-state index contributed by atoms with van der Waals surface area (Å²) in [6, 6.07) is 0. The Morgan fingerprint density at radius 1 is 0.810 bits per heavy atom. The second-order valence-electron chi connectivity index (χ2n) is 6.07. The van der Waals surface area contributed by atoms with E-state index in [0.29, 0.717) is 13.2 Å². The van der Waals surface area contributed by atoms with Crippen molar-refractivity contribution in [1.29, 1.82) is 0 Å². The minimum Gasteiger partial charge on any atom is -0.402 e. The van der Waals surface area contributed by atoms with Crippen molar-refractivity contribution in [3.8, 4) is 0 Å². The van der Waals surface area contributed by atoms with E-state index < -0.39 is 7.32 Å². The van der Waals surface area contributed by atoms with E-state index in [1.54, 1.807) is 0 Å². The van der Waals surface area contributed by atoms with Gasteiger partial charge in [-0.25, -0.2) is 0 Å². The van der Waals surface area contributed by atoms with Crippen molar-refractivity contribution >= 4 is 7.32 Å². The van der Waals surface area contributed by atoms with Crippen LogP contribution in [0.1, 0.15) is 71.1 Å². The zero-order valence-corrected chi connectivity index (χ0v) is 13.9. The summed E-state index contributed by atoms with van der Waals surface area (Å²) in [6.07, 6.45) is 13.8. The van der Waals surface area contributed by atoms with Gasteiger partial charge in [-0.05, 0) is 13.0 Å². The molecule has 1 rings (SSSR count). The van der Waals surface area contributed by atoms with E-state index in [1.165, 1.54) is 64.2 Å². The standard InChI is InChI=1S/C16H34BNO3/c1-2-3-4-5-6-7-8-9-10-11-12-18-13-15-20-17(19)21-16-14-18/h19H,2-16H2,1H3. The lowest BCUT2D eigenvalue weighted by Gasteiger charge is -2.25. The summed E-state index contributed by atoms with van der Waals surface area (Å²) >= 11 is 0. The van der Waals surface area contributed by atoms with Crippen molar-refractivity contribution in [2.75, 3.05) is 32.8 Å². The van der Waals surface area contributed by atoms with Crippen molar-refractivity contribution in [2.45, 2.75) is 71.1 Å². The van der Waals surface area contributed by atoms with Gasteiger partial charge in [0.05, 0.1) is 0 Å². The monoisotopic (exact) mass is 299 g/mol. The van der Waals surface area contributed by atoms with Crippen LogP contribution in [0.15, 0.2) is 0 Å². The summed E-state index contributed by atoms with van der Waals surface area (Å²) in [7, 11) is -1.02. The van der Waals surface area contributed by atoms with Crippen LogP contribution in [0.3, 0.4) is 0 Å². The van der Waals surface area contributed by atoms with Gasteiger partial charge in [-0.3, -0.25) is 4.90 Å². The molecule has 1 aliphatic heterocycles. The lowest BCUT2D eigenvalue weighted by atomic mass is 10.1. The zero-order chi connectivity index (χ0) is 15.2. The van der Waals surface area contributed by atoms with Crippen LogP contribution < -0.4 is 0 Å². The number of hydrogen-bond acceptors (Lipinski definition) is 4. The fourth-order valence-electron chi connectivity index (χ4n) is 2.77. The van der Waals surface area contributed by atoms with Crippen LogP contribution in [0.2, 0.25) is 0 Å². The van der Waals surface area contributed by atoms with E-state index in [0.717, 1.165) is 19.6 Å². The largest absolute Gasteiger partial charge is 0.636 e. The van der Waals surface area contributed by atoms with Crippen molar-refractivity contribution in [3.05, 3.63) is 0 Å². The van der Waals surface area contributed by atoms with Gasteiger partial charge in [-0.15, -0.1) is 0 Å². The number of nitrogens with zero attached hydrogens (tertiary/aromatic N) is 1. The highest BCUT2D eigenvalue weighted by atomic mass is 16.7. The van der Waals surface area contributed by atoms with Gasteiger partial charge in [0.2, 0.25) is 0 Å². The number of unbranched alkanes of at least 4 members (excludes halogenated alkanes) is 9. The predicted octanol–water partition coefficient (Wildman–Crippen LogP) is 3.23. The normalized spacial score (nSPS) is 17.7. The van der Waals surface area contributed by atoms with Gasteiger partial charge in [0, 0.05) is 26.3 Å². The van der Waals surface area contributed by atoms with Crippen LogP contribution in [0, 0.1) is 0 Å². The fraction of sp³-hybridized carbons (Fsp3) is 1.00. The smallest absolute Gasteiger partial charge is 0.402 e. The molecular weight excluding hydrogens is 265 g/mol. The van der Waals surface area contributed by atoms with Crippen molar-refractivity contribution < 1.29 is 14.3 Å². The van der Waals surface area contributed by atoms with E-state index in [1.807, 2.05) is 0 Å². The van der Waals surface area contributed by atoms with Gasteiger partial charge in [0.1, 0.15) is 0 Å². The molecule has 0 spiro atoms. The van der Waals surface area contributed by atoms with Crippen LogP contribution in [-0.2, 0) is 9.31 Å². The second kappa shape index (κ2) is 13.6. The Labute approximate surface area is 131 Å². The van der Waals surface area contributed by atoms with Crippen LogP contribution in [0.4, 0.5) is 0 Å². The molecule has 0 unspecified atom stereocenters. The van der Waals surface area contributed by atoms with E-state index in [2.05, 4.69) is 11.8 Å². The number of hydrogen-bond donors (Lipinski definition) is 1. The molecule has 1 N–H and O–H groups in total. The molecule has 1 aliphatic rings. The maximum atomic E-state index is 9.20. The molecule has 1 heterocycles. The molecule has 0 aromatic heterocycles. The summed E-state index contributed by atoms with van der Waals surface area (Å²) in [5.41, 5.74) is 0.